The zero-order valence-electron chi connectivity index (χ0n) is 8.43. The van der Waals surface area contributed by atoms with Crippen LogP contribution in [0.25, 0.3) is 11.3 Å². The Morgan fingerprint density at radius 3 is 3.00 bits per heavy atom. The maximum atomic E-state index is 9.16. The van der Waals surface area contributed by atoms with E-state index in [1.165, 1.54) is 11.3 Å². The third-order valence-electron chi connectivity index (χ3n) is 2.72. The molecule has 1 fully saturated rings. The number of nitriles is 1. The van der Waals surface area contributed by atoms with Gasteiger partial charge < -0.3 is 9.72 Å². The van der Waals surface area contributed by atoms with E-state index in [-0.39, 0.29) is 0 Å². The number of thiazole rings is 1. The largest absolute Gasteiger partial charge is 0.377 e. The molecular formula is C11H9N3OS. The van der Waals surface area contributed by atoms with Crippen LogP contribution in [0.3, 0.4) is 0 Å². The number of H-pyrrole nitrogens is 1. The van der Waals surface area contributed by atoms with Crippen molar-refractivity contribution in [3.05, 3.63) is 28.8 Å². The van der Waals surface area contributed by atoms with Crippen LogP contribution in [0.4, 0.5) is 0 Å². The summed E-state index contributed by atoms with van der Waals surface area (Å²) in [6.45, 7) is 0.924. The third kappa shape index (κ3) is 1.28. The number of aromatic nitrogens is 2. The fraction of sp³-hybridized carbons (Fsp3) is 0.273. The minimum absolute atomic E-state index is 0.462. The SMILES string of the molecule is N#CC1(c2nc(-c3cc[nH]c3)cs2)COC1. The van der Waals surface area contributed by atoms with E-state index in [9.17, 15) is 0 Å². The normalized spacial score (nSPS) is 17.7. The van der Waals surface area contributed by atoms with Crippen LogP contribution in [-0.4, -0.2) is 23.2 Å². The Hall–Kier alpha value is -1.64. The van der Waals surface area contributed by atoms with Crippen molar-refractivity contribution in [3.8, 4) is 17.3 Å². The van der Waals surface area contributed by atoms with Gasteiger partial charge in [0.25, 0.3) is 0 Å². The molecule has 1 aliphatic rings. The average Bonchev–Trinajstić information content (AvgIpc) is 2.86. The summed E-state index contributed by atoms with van der Waals surface area (Å²) in [5.74, 6) is 0. The lowest BCUT2D eigenvalue weighted by Crippen LogP contribution is -2.45. The van der Waals surface area contributed by atoms with Crippen molar-refractivity contribution in [1.29, 1.82) is 5.26 Å². The first-order chi connectivity index (χ1) is 7.84. The zero-order chi connectivity index (χ0) is 11.0. The van der Waals surface area contributed by atoms with E-state index in [4.69, 9.17) is 10.00 Å². The monoisotopic (exact) mass is 231 g/mol. The molecule has 0 atom stereocenters. The number of rotatable bonds is 2. The van der Waals surface area contributed by atoms with E-state index in [2.05, 4.69) is 16.0 Å². The highest BCUT2D eigenvalue weighted by Crippen LogP contribution is 2.35. The molecule has 5 heteroatoms. The number of nitrogens with zero attached hydrogens (tertiary/aromatic N) is 2. The summed E-state index contributed by atoms with van der Waals surface area (Å²) in [6, 6.07) is 4.27. The molecule has 16 heavy (non-hydrogen) atoms. The van der Waals surface area contributed by atoms with Gasteiger partial charge in [0.05, 0.1) is 25.0 Å². The molecule has 1 saturated heterocycles. The van der Waals surface area contributed by atoms with Crippen LogP contribution >= 0.6 is 11.3 Å². The first-order valence-electron chi connectivity index (χ1n) is 4.92. The highest BCUT2D eigenvalue weighted by molar-refractivity contribution is 7.10. The fourth-order valence-electron chi connectivity index (χ4n) is 1.65. The molecule has 4 nitrogen and oxygen atoms in total. The van der Waals surface area contributed by atoms with Gasteiger partial charge in [-0.05, 0) is 6.07 Å². The molecule has 1 N–H and O–H groups in total. The molecule has 0 unspecified atom stereocenters. The van der Waals surface area contributed by atoms with Crippen LogP contribution < -0.4 is 0 Å². The lowest BCUT2D eigenvalue weighted by Gasteiger charge is -2.32. The Morgan fingerprint density at radius 1 is 1.56 bits per heavy atom. The first kappa shape index (κ1) is 9.58. The van der Waals surface area contributed by atoms with E-state index in [1.807, 2.05) is 23.8 Å². The van der Waals surface area contributed by atoms with Gasteiger partial charge in [0.1, 0.15) is 5.01 Å². The molecule has 3 rings (SSSR count). The standard InChI is InChI=1S/C11H9N3OS/c12-5-11(6-15-7-11)10-14-9(4-16-10)8-1-2-13-3-8/h1-4,13H,6-7H2. The van der Waals surface area contributed by atoms with Crippen molar-refractivity contribution < 1.29 is 4.74 Å². The smallest absolute Gasteiger partial charge is 0.155 e. The first-order valence-corrected chi connectivity index (χ1v) is 5.80. The van der Waals surface area contributed by atoms with E-state index in [0.717, 1.165) is 16.3 Å². The molecular weight excluding hydrogens is 222 g/mol. The van der Waals surface area contributed by atoms with Crippen LogP contribution in [-0.2, 0) is 10.2 Å². The summed E-state index contributed by atoms with van der Waals surface area (Å²) < 4.78 is 5.12. The van der Waals surface area contributed by atoms with Gasteiger partial charge >= 0.3 is 0 Å². The molecule has 2 aromatic rings. The Bertz CT molecular complexity index is 534. The molecule has 3 heterocycles. The van der Waals surface area contributed by atoms with E-state index >= 15 is 0 Å². The van der Waals surface area contributed by atoms with E-state index in [0.29, 0.717) is 13.2 Å². The predicted octanol–water partition coefficient (Wildman–Crippen LogP) is 1.93. The molecule has 0 bridgehead atoms. The van der Waals surface area contributed by atoms with Gasteiger partial charge in [-0.25, -0.2) is 4.98 Å². The van der Waals surface area contributed by atoms with Gasteiger partial charge in [-0.1, -0.05) is 0 Å². The Labute approximate surface area is 96.5 Å². The lowest BCUT2D eigenvalue weighted by atomic mass is 9.89. The van der Waals surface area contributed by atoms with Crippen molar-refractivity contribution in [1.82, 2.24) is 9.97 Å². The second kappa shape index (κ2) is 3.44. The maximum Gasteiger partial charge on any atom is 0.155 e. The quantitative estimate of drug-likeness (QED) is 0.859. The van der Waals surface area contributed by atoms with Gasteiger partial charge in [-0.3, -0.25) is 0 Å². The van der Waals surface area contributed by atoms with Crippen LogP contribution in [0.2, 0.25) is 0 Å². The van der Waals surface area contributed by atoms with Crippen molar-refractivity contribution in [2.24, 2.45) is 0 Å². The van der Waals surface area contributed by atoms with Gasteiger partial charge in [-0.15, -0.1) is 11.3 Å². The van der Waals surface area contributed by atoms with Crippen LogP contribution in [0.1, 0.15) is 5.01 Å². The summed E-state index contributed by atoms with van der Waals surface area (Å²) in [5.41, 5.74) is 1.47. The van der Waals surface area contributed by atoms with E-state index in [1.54, 1.807) is 0 Å². The van der Waals surface area contributed by atoms with Crippen molar-refractivity contribution in [2.75, 3.05) is 13.2 Å². The Morgan fingerprint density at radius 2 is 2.44 bits per heavy atom. The third-order valence-corrected chi connectivity index (χ3v) is 3.76. The topological polar surface area (TPSA) is 61.7 Å². The van der Waals surface area contributed by atoms with Gasteiger partial charge in [0.15, 0.2) is 5.41 Å². The summed E-state index contributed by atoms with van der Waals surface area (Å²) in [7, 11) is 0. The highest BCUT2D eigenvalue weighted by Gasteiger charge is 2.43. The molecule has 0 saturated carbocycles. The maximum absolute atomic E-state index is 9.16. The second-order valence-electron chi connectivity index (χ2n) is 3.82. The zero-order valence-corrected chi connectivity index (χ0v) is 9.25. The van der Waals surface area contributed by atoms with Gasteiger partial charge in [-0.2, -0.15) is 5.26 Å². The molecule has 1 aliphatic heterocycles. The number of nitrogens with one attached hydrogen (secondary N) is 1. The molecule has 0 spiro atoms. The van der Waals surface area contributed by atoms with Crippen LogP contribution in [0.5, 0.6) is 0 Å². The number of hydrogen-bond acceptors (Lipinski definition) is 4. The Balaban J connectivity index is 1.97. The molecule has 0 aliphatic carbocycles. The number of aromatic amines is 1. The van der Waals surface area contributed by atoms with Gasteiger partial charge in [0, 0.05) is 23.3 Å². The van der Waals surface area contributed by atoms with Crippen LogP contribution in [0.15, 0.2) is 23.8 Å². The van der Waals surface area contributed by atoms with E-state index < -0.39 is 5.41 Å². The van der Waals surface area contributed by atoms with Crippen molar-refractivity contribution in [2.45, 2.75) is 5.41 Å². The fourth-order valence-corrected chi connectivity index (χ4v) is 2.60. The minimum Gasteiger partial charge on any atom is -0.377 e. The molecule has 0 radical (unpaired) electrons. The highest BCUT2D eigenvalue weighted by atomic mass is 32.1. The second-order valence-corrected chi connectivity index (χ2v) is 4.68. The van der Waals surface area contributed by atoms with Gasteiger partial charge in [0.2, 0.25) is 0 Å². The van der Waals surface area contributed by atoms with Crippen LogP contribution in [0, 0.1) is 11.3 Å². The lowest BCUT2D eigenvalue weighted by molar-refractivity contribution is -0.0298. The van der Waals surface area contributed by atoms with Crippen molar-refractivity contribution in [3.63, 3.8) is 0 Å². The average molecular weight is 231 g/mol. The summed E-state index contributed by atoms with van der Waals surface area (Å²) >= 11 is 1.53. The van der Waals surface area contributed by atoms with Crippen molar-refractivity contribution >= 4 is 11.3 Å². The number of ether oxygens (including phenoxy) is 1. The minimum atomic E-state index is -0.501. The molecule has 0 aromatic carbocycles. The number of hydrogen-bond donors (Lipinski definition) is 1. The summed E-state index contributed by atoms with van der Waals surface area (Å²) in [5, 5.41) is 12.0. The predicted molar refractivity (Wildman–Crippen MR) is 60.0 cm³/mol. The molecule has 2 aromatic heterocycles. The summed E-state index contributed by atoms with van der Waals surface area (Å²) in [6.07, 6.45) is 3.76. The molecule has 80 valence electrons. The molecule has 0 amide bonds. The summed E-state index contributed by atoms with van der Waals surface area (Å²) in [4.78, 5) is 7.51. The Kier molecular flexibility index (Phi) is 2.06.